The quantitative estimate of drug-likeness (QED) is 0.139. The molecule has 0 bridgehead atoms. The van der Waals surface area contributed by atoms with Crippen LogP contribution < -0.4 is 0 Å². The number of aromatic hydroxyl groups is 2. The Morgan fingerprint density at radius 3 is 1.09 bits per heavy atom. The molecule has 4 heteroatoms. The van der Waals surface area contributed by atoms with Crippen LogP contribution in [0.1, 0.15) is 83.3 Å². The molecule has 6 aromatic rings. The highest BCUT2D eigenvalue weighted by atomic mass is 16.3. The minimum atomic E-state index is -0.505. The highest BCUT2D eigenvalue weighted by Crippen LogP contribution is 2.60. The second-order valence-corrected chi connectivity index (χ2v) is 17.3. The maximum absolute atomic E-state index is 12.6. The molecule has 2 N–H and O–H groups in total. The van der Waals surface area contributed by atoms with Crippen LogP contribution in [0.2, 0.25) is 0 Å². The number of hydrogen-bond donors (Lipinski definition) is 2. The fourth-order valence-electron chi connectivity index (χ4n) is 10.6. The molecular formula is C52H56N2O2. The van der Waals surface area contributed by atoms with Gasteiger partial charge in [0.15, 0.2) is 0 Å². The first kappa shape index (κ1) is 37.7. The molecule has 4 nitrogen and oxygen atoms in total. The molecule has 0 heterocycles. The number of phenols is 2. The Morgan fingerprint density at radius 1 is 0.464 bits per heavy atom. The molecule has 0 unspecified atom stereocenters. The van der Waals surface area contributed by atoms with Gasteiger partial charge in [0.25, 0.3) is 0 Å². The van der Waals surface area contributed by atoms with Crippen LogP contribution in [0.25, 0.3) is 22.3 Å². The molecule has 8 rings (SSSR count). The summed E-state index contributed by atoms with van der Waals surface area (Å²) in [6.07, 6.45) is 0. The van der Waals surface area contributed by atoms with Crippen molar-refractivity contribution >= 4 is 0 Å². The van der Waals surface area contributed by atoms with E-state index in [9.17, 15) is 10.2 Å². The Balaban J connectivity index is 1.24. The third kappa shape index (κ3) is 5.72. The molecule has 0 amide bonds. The summed E-state index contributed by atoms with van der Waals surface area (Å²) in [5.74, 6) is 1.08. The lowest BCUT2D eigenvalue weighted by atomic mass is 9.64. The van der Waals surface area contributed by atoms with Crippen LogP contribution in [-0.4, -0.2) is 47.2 Å². The molecule has 0 aliphatic heterocycles. The normalized spacial score (nSPS) is 14.7. The molecule has 56 heavy (non-hydrogen) atoms. The van der Waals surface area contributed by atoms with E-state index < -0.39 is 10.8 Å². The monoisotopic (exact) mass is 740 g/mol. The van der Waals surface area contributed by atoms with Crippen molar-refractivity contribution in [1.29, 1.82) is 0 Å². The number of benzene rings is 6. The van der Waals surface area contributed by atoms with Gasteiger partial charge in [-0.3, -0.25) is 4.90 Å². The lowest BCUT2D eigenvalue weighted by molar-refractivity contribution is 0.221. The van der Waals surface area contributed by atoms with E-state index in [2.05, 4.69) is 187 Å². The Kier molecular flexibility index (Phi) is 9.71. The van der Waals surface area contributed by atoms with Crippen molar-refractivity contribution in [3.05, 3.63) is 177 Å². The summed E-state index contributed by atoms with van der Waals surface area (Å²) in [6.45, 7) is 16.1. The number of nitrogens with zero attached hydrogens (tertiary/aromatic N) is 2. The highest BCUT2D eigenvalue weighted by molar-refractivity contribution is 5.85. The van der Waals surface area contributed by atoms with E-state index in [0.29, 0.717) is 24.6 Å². The van der Waals surface area contributed by atoms with Crippen LogP contribution in [0.5, 0.6) is 11.5 Å². The van der Waals surface area contributed by atoms with Gasteiger partial charge in [0.2, 0.25) is 0 Å². The molecular weight excluding hydrogens is 685 g/mol. The van der Waals surface area contributed by atoms with Crippen molar-refractivity contribution in [2.75, 3.05) is 27.2 Å². The molecule has 0 aromatic heterocycles. The number of aryl methyl sites for hydroxylation is 2. The highest BCUT2D eigenvalue weighted by Gasteiger charge is 2.50. The van der Waals surface area contributed by atoms with E-state index in [1.54, 1.807) is 0 Å². The predicted octanol–water partition coefficient (Wildman–Crippen LogP) is 11.2. The van der Waals surface area contributed by atoms with Crippen LogP contribution in [0, 0.1) is 25.7 Å². The minimum absolute atomic E-state index is 0.180. The smallest absolute Gasteiger partial charge is 0.124 e. The Morgan fingerprint density at radius 2 is 0.786 bits per heavy atom. The number of phenolic OH excluding ortho intramolecular Hbond substituents is 2. The molecule has 2 aliphatic carbocycles. The van der Waals surface area contributed by atoms with E-state index in [4.69, 9.17) is 0 Å². The molecule has 2 aliphatic rings. The molecule has 0 radical (unpaired) electrons. The molecule has 0 atom stereocenters. The Hall–Kier alpha value is -5.16. The van der Waals surface area contributed by atoms with Gasteiger partial charge < -0.3 is 15.1 Å². The summed E-state index contributed by atoms with van der Waals surface area (Å²) in [5.41, 5.74) is 14.9. The van der Waals surface area contributed by atoms with Gasteiger partial charge in [-0.25, -0.2) is 0 Å². The first-order valence-corrected chi connectivity index (χ1v) is 20.3. The van der Waals surface area contributed by atoms with Crippen molar-refractivity contribution in [3.8, 4) is 33.8 Å². The van der Waals surface area contributed by atoms with Crippen molar-refractivity contribution in [2.45, 2.75) is 65.5 Å². The lowest BCUT2D eigenvalue weighted by Crippen LogP contribution is -2.35. The zero-order valence-electron chi connectivity index (χ0n) is 34.3. The number of rotatable bonds is 11. The third-order valence-corrected chi connectivity index (χ3v) is 12.9. The summed E-state index contributed by atoms with van der Waals surface area (Å²) >= 11 is 0. The van der Waals surface area contributed by atoms with E-state index in [1.165, 1.54) is 44.5 Å². The van der Waals surface area contributed by atoms with Gasteiger partial charge in [0, 0.05) is 48.4 Å². The van der Waals surface area contributed by atoms with Crippen molar-refractivity contribution in [3.63, 3.8) is 0 Å². The van der Waals surface area contributed by atoms with Crippen molar-refractivity contribution in [1.82, 2.24) is 9.80 Å². The summed E-state index contributed by atoms with van der Waals surface area (Å²) in [4.78, 5) is 4.60. The molecule has 0 fully saturated rings. The Bertz CT molecular complexity index is 2180. The van der Waals surface area contributed by atoms with Crippen molar-refractivity contribution in [2.24, 2.45) is 11.8 Å². The zero-order valence-corrected chi connectivity index (χ0v) is 34.3. The van der Waals surface area contributed by atoms with Crippen molar-refractivity contribution < 1.29 is 10.2 Å². The van der Waals surface area contributed by atoms with E-state index in [0.717, 1.165) is 46.5 Å². The maximum Gasteiger partial charge on any atom is 0.124 e. The van der Waals surface area contributed by atoms with E-state index in [1.807, 2.05) is 0 Å². The molecule has 6 aromatic carbocycles. The zero-order chi connectivity index (χ0) is 39.5. The summed E-state index contributed by atoms with van der Waals surface area (Å²) in [6, 6.07) is 43.7. The standard InChI is InChI=1S/C52H56N2O2/c1-33(2)51(43-21-13-9-17-39(43)40-18-10-14-22-44(40)51)47-29-35(5)27-37(49(47)55)31-54(26-25-53(7)8)32-38-28-36(6)30-48(50(38)56)52(34(3)4)45-23-15-11-19-41(45)42-20-12-16-24-46(42)52/h9-24,27-30,33-34,55-56H,25-26,31-32H2,1-8H3. The second kappa shape index (κ2) is 14.4. The molecule has 0 saturated heterocycles. The van der Waals surface area contributed by atoms with Gasteiger partial charge in [-0.15, -0.1) is 0 Å². The van der Waals surface area contributed by atoms with E-state index in [-0.39, 0.29) is 11.8 Å². The minimum Gasteiger partial charge on any atom is -0.507 e. The third-order valence-electron chi connectivity index (χ3n) is 12.9. The summed E-state index contributed by atoms with van der Waals surface area (Å²) in [5, 5.41) is 25.2. The van der Waals surface area contributed by atoms with Crippen LogP contribution in [0.3, 0.4) is 0 Å². The first-order valence-electron chi connectivity index (χ1n) is 20.3. The number of hydrogen-bond acceptors (Lipinski definition) is 4. The molecule has 286 valence electrons. The van der Waals surface area contributed by atoms with Gasteiger partial charge in [-0.1, -0.05) is 160 Å². The topological polar surface area (TPSA) is 46.9 Å². The number of likely N-dealkylation sites (N-methyl/N-ethyl adjacent to an activating group) is 1. The molecule has 0 spiro atoms. The van der Waals surface area contributed by atoms with Gasteiger partial charge in [-0.05, 0) is 84.3 Å². The number of fused-ring (bicyclic) bond motifs is 6. The first-order chi connectivity index (χ1) is 26.9. The average molecular weight is 741 g/mol. The summed E-state index contributed by atoms with van der Waals surface area (Å²) in [7, 11) is 4.21. The summed E-state index contributed by atoms with van der Waals surface area (Å²) < 4.78 is 0. The fraction of sp³-hybridized carbons (Fsp3) is 0.308. The van der Waals surface area contributed by atoms with Gasteiger partial charge in [0.1, 0.15) is 11.5 Å². The van der Waals surface area contributed by atoms with Gasteiger partial charge in [0.05, 0.1) is 10.8 Å². The SMILES string of the molecule is Cc1cc(CN(CCN(C)C)Cc2cc(C)cc(C3(C(C)C)c4ccccc4-c4ccccc43)c2O)c(O)c(C2(C(C)C)c3ccccc3-c3ccccc32)c1. The maximum atomic E-state index is 12.6. The van der Waals surface area contributed by atoms with Crippen LogP contribution in [0.15, 0.2) is 121 Å². The largest absolute Gasteiger partial charge is 0.507 e. The van der Waals surface area contributed by atoms with Crippen LogP contribution in [-0.2, 0) is 23.9 Å². The second-order valence-electron chi connectivity index (χ2n) is 17.3. The van der Waals surface area contributed by atoms with Gasteiger partial charge in [-0.2, -0.15) is 0 Å². The van der Waals surface area contributed by atoms with Gasteiger partial charge >= 0.3 is 0 Å². The van der Waals surface area contributed by atoms with Crippen LogP contribution in [0.4, 0.5) is 0 Å². The Labute approximate surface area is 334 Å². The molecule has 0 saturated carbocycles. The average Bonchev–Trinajstić information content (AvgIpc) is 3.65. The van der Waals surface area contributed by atoms with Crippen LogP contribution >= 0.6 is 0 Å². The van der Waals surface area contributed by atoms with E-state index >= 15 is 0 Å². The predicted molar refractivity (Wildman–Crippen MR) is 232 cm³/mol. The fourth-order valence-corrected chi connectivity index (χ4v) is 10.6. The lowest BCUT2D eigenvalue weighted by Gasteiger charge is -2.39.